The van der Waals surface area contributed by atoms with Crippen molar-refractivity contribution in [3.8, 4) is 0 Å². The van der Waals surface area contributed by atoms with Gasteiger partial charge >= 0.3 is 0 Å². The van der Waals surface area contributed by atoms with E-state index in [1.165, 1.54) is 0 Å². The number of carbonyl (C=O) groups excluding carboxylic acids is 1. The molecule has 17 heavy (non-hydrogen) atoms. The van der Waals surface area contributed by atoms with Crippen LogP contribution >= 0.6 is 0 Å². The monoisotopic (exact) mass is 233 g/mol. The molecule has 0 amide bonds. The first-order chi connectivity index (χ1) is 8.01. The number of ketones is 1. The maximum atomic E-state index is 12.3. The van der Waals surface area contributed by atoms with E-state index in [0.717, 1.165) is 18.4 Å². The lowest BCUT2D eigenvalue weighted by molar-refractivity contribution is 0.00423. The second-order valence-corrected chi connectivity index (χ2v) is 5.29. The summed E-state index contributed by atoms with van der Waals surface area (Å²) >= 11 is 0. The molecule has 0 saturated heterocycles. The molecule has 1 aliphatic carbocycles. The molecule has 0 aromatic carbocycles. The van der Waals surface area contributed by atoms with Crippen LogP contribution in [0.25, 0.3) is 0 Å². The minimum absolute atomic E-state index is 0.166. The van der Waals surface area contributed by atoms with Gasteiger partial charge in [0.25, 0.3) is 0 Å². The zero-order valence-corrected chi connectivity index (χ0v) is 10.4. The second-order valence-electron chi connectivity index (χ2n) is 5.29. The molecule has 3 heteroatoms. The lowest BCUT2D eigenvalue weighted by Gasteiger charge is -2.33. The van der Waals surface area contributed by atoms with Crippen LogP contribution in [0.3, 0.4) is 0 Å². The quantitative estimate of drug-likeness (QED) is 0.798. The number of carbonyl (C=O) groups is 1. The molecule has 3 nitrogen and oxygen atoms in total. The maximum Gasteiger partial charge on any atom is 0.195 e. The Balaban J connectivity index is 2.19. The van der Waals surface area contributed by atoms with E-state index >= 15 is 0 Å². The van der Waals surface area contributed by atoms with Crippen molar-refractivity contribution < 1.29 is 9.90 Å². The Morgan fingerprint density at radius 1 is 1.41 bits per heavy atom. The smallest absolute Gasteiger partial charge is 0.195 e. The first kappa shape index (κ1) is 12.2. The van der Waals surface area contributed by atoms with Crippen LogP contribution < -0.4 is 0 Å². The average molecular weight is 233 g/mol. The molecular weight excluding hydrogens is 214 g/mol. The number of pyridine rings is 1. The van der Waals surface area contributed by atoms with Crippen molar-refractivity contribution in [2.24, 2.45) is 5.92 Å². The molecule has 0 bridgehead atoms. The molecule has 1 aromatic heterocycles. The summed E-state index contributed by atoms with van der Waals surface area (Å²) in [4.78, 5) is 16.3. The fourth-order valence-electron chi connectivity index (χ4n) is 2.41. The van der Waals surface area contributed by atoms with E-state index in [2.05, 4.69) is 11.9 Å². The molecule has 0 aliphatic heterocycles. The van der Waals surface area contributed by atoms with Crippen molar-refractivity contribution in [1.82, 2.24) is 4.98 Å². The summed E-state index contributed by atoms with van der Waals surface area (Å²) in [5.74, 6) is 0.444. The van der Waals surface area contributed by atoms with Crippen molar-refractivity contribution in [2.45, 2.75) is 45.1 Å². The Hall–Kier alpha value is -1.22. The molecule has 92 valence electrons. The number of hydrogen-bond acceptors (Lipinski definition) is 3. The van der Waals surface area contributed by atoms with Crippen LogP contribution in [0.2, 0.25) is 0 Å². The van der Waals surface area contributed by atoms with Crippen LogP contribution in [0.5, 0.6) is 0 Å². The van der Waals surface area contributed by atoms with E-state index in [4.69, 9.17) is 0 Å². The van der Waals surface area contributed by atoms with Crippen LogP contribution in [0.4, 0.5) is 0 Å². The topological polar surface area (TPSA) is 50.2 Å². The van der Waals surface area contributed by atoms with E-state index in [9.17, 15) is 9.90 Å². The average Bonchev–Trinajstić information content (AvgIpc) is 2.32. The summed E-state index contributed by atoms with van der Waals surface area (Å²) in [6.07, 6.45) is 6.24. The number of aromatic nitrogens is 1. The number of aliphatic hydroxyl groups is 1. The van der Waals surface area contributed by atoms with Gasteiger partial charge in [-0.15, -0.1) is 0 Å². The number of hydrogen-bond donors (Lipinski definition) is 1. The number of Topliss-reactive ketones (excluding diaryl/α,β-unsaturated/α-hetero) is 1. The molecule has 1 N–H and O–H groups in total. The summed E-state index contributed by atoms with van der Waals surface area (Å²) < 4.78 is 0. The first-order valence-corrected chi connectivity index (χ1v) is 6.20. The van der Waals surface area contributed by atoms with Gasteiger partial charge in [0, 0.05) is 18.0 Å². The number of rotatable bonds is 2. The molecule has 0 radical (unpaired) electrons. The van der Waals surface area contributed by atoms with E-state index in [1.807, 2.05) is 6.92 Å². The Bertz CT molecular complexity index is 420. The Kier molecular flexibility index (Phi) is 3.29. The molecule has 1 heterocycles. The van der Waals surface area contributed by atoms with Crippen molar-refractivity contribution in [3.63, 3.8) is 0 Å². The zero-order valence-electron chi connectivity index (χ0n) is 10.4. The van der Waals surface area contributed by atoms with Crippen molar-refractivity contribution in [2.75, 3.05) is 0 Å². The zero-order chi connectivity index (χ0) is 12.5. The fourth-order valence-corrected chi connectivity index (χ4v) is 2.41. The summed E-state index contributed by atoms with van der Waals surface area (Å²) in [5.41, 5.74) is 0.313. The summed E-state index contributed by atoms with van der Waals surface area (Å²) in [5, 5.41) is 10.4. The highest BCUT2D eigenvalue weighted by molar-refractivity contribution is 6.02. The molecule has 1 aromatic rings. The van der Waals surface area contributed by atoms with Gasteiger partial charge in [-0.1, -0.05) is 6.92 Å². The maximum absolute atomic E-state index is 12.3. The lowest BCUT2D eigenvalue weighted by atomic mass is 9.76. The Morgan fingerprint density at radius 3 is 2.65 bits per heavy atom. The van der Waals surface area contributed by atoms with Gasteiger partial charge in [-0.3, -0.25) is 9.78 Å². The van der Waals surface area contributed by atoms with Gasteiger partial charge in [-0.25, -0.2) is 0 Å². The minimum atomic E-state index is -1.16. The van der Waals surface area contributed by atoms with Crippen LogP contribution in [0, 0.1) is 12.8 Å². The molecule has 0 unspecified atom stereocenters. The summed E-state index contributed by atoms with van der Waals surface area (Å²) in [7, 11) is 0. The Morgan fingerprint density at radius 2 is 2.06 bits per heavy atom. The predicted octanol–water partition coefficient (Wildman–Crippen LogP) is 2.51. The molecule has 1 aliphatic rings. The van der Waals surface area contributed by atoms with Gasteiger partial charge < -0.3 is 5.11 Å². The van der Waals surface area contributed by atoms with Crippen LogP contribution in [0.15, 0.2) is 18.5 Å². The lowest BCUT2D eigenvalue weighted by Crippen LogP contribution is -2.42. The van der Waals surface area contributed by atoms with Crippen molar-refractivity contribution in [3.05, 3.63) is 29.6 Å². The molecular formula is C14H19NO2. The summed E-state index contributed by atoms with van der Waals surface area (Å²) in [6.45, 7) is 4.06. The van der Waals surface area contributed by atoms with Gasteiger partial charge in [-0.05, 0) is 50.2 Å². The molecule has 1 fully saturated rings. The summed E-state index contributed by atoms with van der Waals surface area (Å²) in [6, 6.07) is 1.80. The Labute approximate surface area is 102 Å². The highest BCUT2D eigenvalue weighted by Gasteiger charge is 2.39. The molecule has 0 spiro atoms. The number of nitrogens with zero attached hydrogens (tertiary/aromatic N) is 1. The van der Waals surface area contributed by atoms with Gasteiger partial charge in [0.05, 0.1) is 0 Å². The highest BCUT2D eigenvalue weighted by atomic mass is 16.3. The van der Waals surface area contributed by atoms with Gasteiger partial charge in [0.1, 0.15) is 5.60 Å². The van der Waals surface area contributed by atoms with E-state index in [1.54, 1.807) is 18.5 Å². The molecule has 2 rings (SSSR count). The number of aryl methyl sites for hydroxylation is 1. The van der Waals surface area contributed by atoms with Gasteiger partial charge in [0.15, 0.2) is 5.78 Å². The second kappa shape index (κ2) is 4.57. The van der Waals surface area contributed by atoms with Gasteiger partial charge in [-0.2, -0.15) is 0 Å². The third-order valence-electron chi connectivity index (χ3n) is 3.66. The molecule has 1 saturated carbocycles. The van der Waals surface area contributed by atoms with Crippen LogP contribution in [0.1, 0.15) is 48.5 Å². The van der Waals surface area contributed by atoms with E-state index in [0.29, 0.717) is 24.3 Å². The van der Waals surface area contributed by atoms with E-state index < -0.39 is 5.60 Å². The molecule has 0 atom stereocenters. The SMILES string of the molecule is Cc1cncc(C(=O)C2(O)CCC(C)CC2)c1. The van der Waals surface area contributed by atoms with Crippen LogP contribution in [-0.2, 0) is 0 Å². The highest BCUT2D eigenvalue weighted by Crippen LogP contribution is 2.34. The van der Waals surface area contributed by atoms with Crippen molar-refractivity contribution >= 4 is 5.78 Å². The fraction of sp³-hybridized carbons (Fsp3) is 0.571. The standard InChI is InChI=1S/C14H19NO2/c1-10-3-5-14(17,6-4-10)13(16)12-7-11(2)8-15-9-12/h7-10,17H,3-6H2,1-2H3. The van der Waals surface area contributed by atoms with Crippen molar-refractivity contribution in [1.29, 1.82) is 0 Å². The van der Waals surface area contributed by atoms with E-state index in [-0.39, 0.29) is 5.78 Å². The normalized spacial score (nSPS) is 29.0. The minimum Gasteiger partial charge on any atom is -0.382 e. The third-order valence-corrected chi connectivity index (χ3v) is 3.66. The largest absolute Gasteiger partial charge is 0.382 e. The van der Waals surface area contributed by atoms with Crippen LogP contribution in [-0.4, -0.2) is 21.5 Å². The first-order valence-electron chi connectivity index (χ1n) is 6.20. The third kappa shape index (κ3) is 2.55. The predicted molar refractivity (Wildman–Crippen MR) is 65.9 cm³/mol. The van der Waals surface area contributed by atoms with Gasteiger partial charge in [0.2, 0.25) is 0 Å².